The highest BCUT2D eigenvalue weighted by Gasteiger charge is 2.16. The quantitative estimate of drug-likeness (QED) is 0.858. The van der Waals surface area contributed by atoms with Crippen LogP contribution in [0, 0.1) is 11.7 Å². The molecule has 1 aliphatic carbocycles. The van der Waals surface area contributed by atoms with Gasteiger partial charge in [-0.1, -0.05) is 26.2 Å². The van der Waals surface area contributed by atoms with E-state index in [9.17, 15) is 4.39 Å². The molecule has 1 aromatic heterocycles. The Hall–Kier alpha value is -0.960. The lowest BCUT2D eigenvalue weighted by molar-refractivity contribution is 0.324. The van der Waals surface area contributed by atoms with Gasteiger partial charge in [-0.15, -0.1) is 0 Å². The van der Waals surface area contributed by atoms with Gasteiger partial charge in [-0.3, -0.25) is 4.98 Å². The zero-order valence-electron chi connectivity index (χ0n) is 11.2. The average Bonchev–Trinajstić information content (AvgIpc) is 2.42. The number of hydrogen-bond acceptors (Lipinski definition) is 2. The monoisotopic (exact) mass is 250 g/mol. The maximum Gasteiger partial charge on any atom is 0.141 e. The van der Waals surface area contributed by atoms with Crippen LogP contribution in [0.3, 0.4) is 0 Å². The van der Waals surface area contributed by atoms with Crippen LogP contribution in [0.15, 0.2) is 18.3 Å². The molecule has 2 rings (SSSR count). The van der Waals surface area contributed by atoms with Crippen molar-refractivity contribution in [2.45, 2.75) is 51.5 Å². The number of nitrogens with zero attached hydrogens (tertiary/aromatic N) is 1. The summed E-state index contributed by atoms with van der Waals surface area (Å²) in [5.74, 6) is 0.550. The highest BCUT2D eigenvalue weighted by atomic mass is 19.1. The molecule has 1 aliphatic rings. The number of halogens is 1. The summed E-state index contributed by atoms with van der Waals surface area (Å²) in [5, 5.41) is 3.59. The van der Waals surface area contributed by atoms with E-state index in [1.165, 1.54) is 44.4 Å². The number of rotatable bonds is 5. The van der Waals surface area contributed by atoms with E-state index in [2.05, 4.69) is 17.2 Å². The van der Waals surface area contributed by atoms with Crippen LogP contribution in [0.5, 0.6) is 0 Å². The summed E-state index contributed by atoms with van der Waals surface area (Å²) in [6.45, 7) is 3.21. The lowest BCUT2D eigenvalue weighted by atomic mass is 9.89. The highest BCUT2D eigenvalue weighted by Crippen LogP contribution is 2.24. The minimum Gasteiger partial charge on any atom is -0.308 e. The standard InChI is InChI=1S/C15H23FN2/c1-2-14(15-9-8-13(16)11-18-15)17-10-12-6-4-3-5-7-12/h8-9,11-12,14,17H,2-7,10H2,1H3. The van der Waals surface area contributed by atoms with E-state index < -0.39 is 0 Å². The Morgan fingerprint density at radius 2 is 2.11 bits per heavy atom. The van der Waals surface area contributed by atoms with Gasteiger partial charge in [-0.05, 0) is 43.9 Å². The number of hydrogen-bond donors (Lipinski definition) is 1. The SMILES string of the molecule is CCC(NCC1CCCCC1)c1ccc(F)cn1. The molecule has 0 amide bonds. The Balaban J connectivity index is 1.86. The van der Waals surface area contributed by atoms with Gasteiger partial charge in [0, 0.05) is 6.04 Å². The minimum atomic E-state index is -0.263. The first-order chi connectivity index (χ1) is 8.79. The van der Waals surface area contributed by atoms with E-state index in [1.54, 1.807) is 6.07 Å². The Kier molecular flexibility index (Phi) is 5.12. The molecule has 0 bridgehead atoms. The van der Waals surface area contributed by atoms with Gasteiger partial charge in [0.15, 0.2) is 0 Å². The maximum atomic E-state index is 12.8. The molecule has 1 saturated carbocycles. The molecule has 0 saturated heterocycles. The summed E-state index contributed by atoms with van der Waals surface area (Å²) in [6.07, 6.45) is 9.13. The molecular formula is C15H23FN2. The Morgan fingerprint density at radius 3 is 2.72 bits per heavy atom. The molecule has 100 valence electrons. The van der Waals surface area contributed by atoms with Crippen molar-refractivity contribution >= 4 is 0 Å². The molecule has 0 aliphatic heterocycles. The smallest absolute Gasteiger partial charge is 0.141 e. The normalized spacial score (nSPS) is 18.8. The molecule has 0 radical (unpaired) electrons. The first kappa shape index (κ1) is 13.5. The van der Waals surface area contributed by atoms with Crippen LogP contribution < -0.4 is 5.32 Å². The second-order valence-electron chi connectivity index (χ2n) is 5.27. The van der Waals surface area contributed by atoms with Crippen LogP contribution in [-0.2, 0) is 0 Å². The fraction of sp³-hybridized carbons (Fsp3) is 0.667. The Morgan fingerprint density at radius 1 is 1.33 bits per heavy atom. The number of aromatic nitrogens is 1. The third-order valence-corrected chi connectivity index (χ3v) is 3.89. The van der Waals surface area contributed by atoms with Crippen molar-refractivity contribution < 1.29 is 4.39 Å². The number of pyridine rings is 1. The van der Waals surface area contributed by atoms with Crippen molar-refractivity contribution in [3.63, 3.8) is 0 Å². The summed E-state index contributed by atoms with van der Waals surface area (Å²) in [5.41, 5.74) is 0.953. The highest BCUT2D eigenvalue weighted by molar-refractivity contribution is 5.09. The molecule has 1 aromatic rings. The van der Waals surface area contributed by atoms with Crippen LogP contribution in [-0.4, -0.2) is 11.5 Å². The lowest BCUT2D eigenvalue weighted by Gasteiger charge is -2.25. The molecule has 0 spiro atoms. The van der Waals surface area contributed by atoms with Gasteiger partial charge in [-0.25, -0.2) is 4.39 Å². The van der Waals surface area contributed by atoms with E-state index in [4.69, 9.17) is 0 Å². The largest absolute Gasteiger partial charge is 0.308 e. The molecule has 1 unspecified atom stereocenters. The van der Waals surface area contributed by atoms with Crippen LogP contribution in [0.25, 0.3) is 0 Å². The first-order valence-corrected chi connectivity index (χ1v) is 7.14. The zero-order valence-corrected chi connectivity index (χ0v) is 11.2. The van der Waals surface area contributed by atoms with Crippen molar-refractivity contribution in [3.05, 3.63) is 29.8 Å². The molecule has 1 heterocycles. The van der Waals surface area contributed by atoms with Gasteiger partial charge in [0.2, 0.25) is 0 Å². The van der Waals surface area contributed by atoms with Crippen molar-refractivity contribution in [3.8, 4) is 0 Å². The van der Waals surface area contributed by atoms with Crippen LogP contribution in [0.2, 0.25) is 0 Å². The Bertz CT molecular complexity index is 344. The summed E-state index contributed by atoms with van der Waals surface area (Å²) in [7, 11) is 0. The molecular weight excluding hydrogens is 227 g/mol. The molecule has 1 atom stereocenters. The van der Waals surface area contributed by atoms with E-state index in [0.717, 1.165) is 24.6 Å². The fourth-order valence-corrected chi connectivity index (χ4v) is 2.75. The van der Waals surface area contributed by atoms with Gasteiger partial charge in [0.1, 0.15) is 5.82 Å². The molecule has 18 heavy (non-hydrogen) atoms. The van der Waals surface area contributed by atoms with Crippen molar-refractivity contribution in [2.75, 3.05) is 6.54 Å². The van der Waals surface area contributed by atoms with Crippen molar-refractivity contribution in [2.24, 2.45) is 5.92 Å². The van der Waals surface area contributed by atoms with Gasteiger partial charge >= 0.3 is 0 Å². The first-order valence-electron chi connectivity index (χ1n) is 7.14. The van der Waals surface area contributed by atoms with Gasteiger partial charge in [-0.2, -0.15) is 0 Å². The predicted octanol–water partition coefficient (Wildman–Crippen LogP) is 3.84. The molecule has 1 fully saturated rings. The average molecular weight is 250 g/mol. The lowest BCUT2D eigenvalue weighted by Crippen LogP contribution is -2.28. The molecule has 3 heteroatoms. The third-order valence-electron chi connectivity index (χ3n) is 3.89. The van der Waals surface area contributed by atoms with Crippen LogP contribution >= 0.6 is 0 Å². The predicted molar refractivity (Wildman–Crippen MR) is 71.8 cm³/mol. The van der Waals surface area contributed by atoms with Crippen molar-refractivity contribution in [1.29, 1.82) is 0 Å². The van der Waals surface area contributed by atoms with Crippen molar-refractivity contribution in [1.82, 2.24) is 10.3 Å². The second-order valence-corrected chi connectivity index (χ2v) is 5.27. The summed E-state index contributed by atoms with van der Waals surface area (Å²) in [4.78, 5) is 4.18. The maximum absolute atomic E-state index is 12.8. The molecule has 1 N–H and O–H groups in total. The van der Waals surface area contributed by atoms with Gasteiger partial charge < -0.3 is 5.32 Å². The minimum absolute atomic E-state index is 0.257. The van der Waals surface area contributed by atoms with E-state index in [0.29, 0.717) is 0 Å². The van der Waals surface area contributed by atoms with Crippen LogP contribution in [0.4, 0.5) is 4.39 Å². The number of nitrogens with one attached hydrogen (secondary N) is 1. The Labute approximate surface area is 109 Å². The van der Waals surface area contributed by atoms with Crippen LogP contribution in [0.1, 0.15) is 57.2 Å². The van der Waals surface area contributed by atoms with Gasteiger partial charge in [0.05, 0.1) is 11.9 Å². The molecule has 2 nitrogen and oxygen atoms in total. The summed E-state index contributed by atoms with van der Waals surface area (Å²) >= 11 is 0. The second kappa shape index (κ2) is 6.83. The topological polar surface area (TPSA) is 24.9 Å². The molecule has 0 aromatic carbocycles. The summed E-state index contributed by atoms with van der Waals surface area (Å²) < 4.78 is 12.8. The zero-order chi connectivity index (χ0) is 12.8. The fourth-order valence-electron chi connectivity index (χ4n) is 2.75. The summed E-state index contributed by atoms with van der Waals surface area (Å²) in [6, 6.07) is 3.54. The van der Waals surface area contributed by atoms with E-state index in [1.807, 2.05) is 0 Å². The third kappa shape index (κ3) is 3.77. The van der Waals surface area contributed by atoms with Gasteiger partial charge in [0.25, 0.3) is 0 Å². The van der Waals surface area contributed by atoms with E-state index in [-0.39, 0.29) is 11.9 Å². The van der Waals surface area contributed by atoms with E-state index >= 15 is 0 Å².